The number of nitrogens with one attached hydrogen (secondary N) is 2. The summed E-state index contributed by atoms with van der Waals surface area (Å²) in [5.74, 6) is -1.09. The molecule has 3 N–H and O–H groups in total. The van der Waals surface area contributed by atoms with Crippen molar-refractivity contribution in [3.05, 3.63) is 113 Å². The molecule has 4 aromatic rings. The van der Waals surface area contributed by atoms with Crippen molar-refractivity contribution in [1.29, 1.82) is 0 Å². The third kappa shape index (κ3) is 5.33. The van der Waals surface area contributed by atoms with Crippen molar-refractivity contribution >= 4 is 34.9 Å². The van der Waals surface area contributed by atoms with Crippen LogP contribution in [0.5, 0.6) is 0 Å². The van der Waals surface area contributed by atoms with Crippen LogP contribution in [0.25, 0.3) is 5.69 Å². The fraction of sp³-hybridized carbons (Fsp3) is 0.226. The summed E-state index contributed by atoms with van der Waals surface area (Å²) in [6.07, 6.45) is 1.99. The highest BCUT2D eigenvalue weighted by Gasteiger charge is 2.41. The van der Waals surface area contributed by atoms with Gasteiger partial charge in [-0.25, -0.2) is 4.79 Å². The van der Waals surface area contributed by atoms with Crippen LogP contribution < -0.4 is 10.6 Å². The topological polar surface area (TPSA) is 99.5 Å². The minimum atomic E-state index is -0.985. The van der Waals surface area contributed by atoms with Crippen LogP contribution in [0, 0.1) is 20.8 Å². The molecule has 5 rings (SSSR count). The number of carbonyl (C=O) groups excluding carboxylic acids is 1. The van der Waals surface area contributed by atoms with E-state index < -0.39 is 5.97 Å². The molecule has 0 radical (unpaired) electrons. The normalized spacial score (nSPS) is 16.6. The Morgan fingerprint density at radius 2 is 1.80 bits per heavy atom. The molecule has 3 heterocycles. The number of amides is 1. The van der Waals surface area contributed by atoms with Crippen LogP contribution in [0.2, 0.25) is 0 Å². The summed E-state index contributed by atoms with van der Waals surface area (Å²) in [5, 5.41) is 16.8. The summed E-state index contributed by atoms with van der Waals surface area (Å²) in [4.78, 5) is 31.6. The molecule has 0 saturated carbocycles. The van der Waals surface area contributed by atoms with E-state index in [9.17, 15) is 14.7 Å². The van der Waals surface area contributed by atoms with E-state index in [-0.39, 0.29) is 30.0 Å². The van der Waals surface area contributed by atoms with Gasteiger partial charge in [-0.15, -0.1) is 0 Å². The molecule has 8 nitrogen and oxygen atoms in total. The summed E-state index contributed by atoms with van der Waals surface area (Å²) in [5.41, 5.74) is 6.27. The molecule has 0 bridgehead atoms. The lowest BCUT2D eigenvalue weighted by atomic mass is 9.96. The Bertz CT molecular complexity index is 1580. The van der Waals surface area contributed by atoms with E-state index in [0.29, 0.717) is 17.3 Å². The Labute approximate surface area is 238 Å². The number of hydrogen-bond donors (Lipinski definition) is 3. The number of anilines is 1. The van der Waals surface area contributed by atoms with E-state index in [1.807, 2.05) is 84.8 Å². The molecule has 40 heavy (non-hydrogen) atoms. The van der Waals surface area contributed by atoms with E-state index in [1.54, 1.807) is 18.3 Å². The summed E-state index contributed by atoms with van der Waals surface area (Å²) < 4.78 is 1.97. The largest absolute Gasteiger partial charge is 0.478 e. The Balaban J connectivity index is 1.50. The Kier molecular flexibility index (Phi) is 7.66. The third-order valence-corrected chi connectivity index (χ3v) is 7.60. The zero-order valence-electron chi connectivity index (χ0n) is 22.6. The molecule has 1 amide bonds. The average Bonchev–Trinajstić information content (AvgIpc) is 3.42. The van der Waals surface area contributed by atoms with Crippen molar-refractivity contribution in [3.63, 3.8) is 0 Å². The van der Waals surface area contributed by atoms with E-state index in [2.05, 4.69) is 21.7 Å². The third-order valence-electron chi connectivity index (χ3n) is 7.24. The molecule has 9 heteroatoms. The highest BCUT2D eigenvalue weighted by atomic mass is 32.1. The number of rotatable bonds is 8. The van der Waals surface area contributed by atoms with Gasteiger partial charge < -0.3 is 25.2 Å². The number of carbonyl (C=O) groups is 2. The molecule has 0 spiro atoms. The molecule has 1 aliphatic heterocycles. The second kappa shape index (κ2) is 11.3. The quantitative estimate of drug-likeness (QED) is 0.248. The van der Waals surface area contributed by atoms with Gasteiger partial charge in [0.25, 0.3) is 0 Å². The number of benzene rings is 2. The molecule has 1 aliphatic rings. The van der Waals surface area contributed by atoms with Gasteiger partial charge in [0.1, 0.15) is 0 Å². The van der Waals surface area contributed by atoms with Gasteiger partial charge in [0.15, 0.2) is 5.11 Å². The molecule has 2 aromatic heterocycles. The summed E-state index contributed by atoms with van der Waals surface area (Å²) >= 11 is 5.80. The van der Waals surface area contributed by atoms with Crippen molar-refractivity contribution in [3.8, 4) is 5.69 Å². The van der Waals surface area contributed by atoms with Crippen LogP contribution in [0.15, 0.2) is 79.0 Å². The summed E-state index contributed by atoms with van der Waals surface area (Å²) in [6, 6.07) is 22.0. The number of pyridine rings is 1. The Hall–Kier alpha value is -4.50. The van der Waals surface area contributed by atoms with Crippen molar-refractivity contribution in [1.82, 2.24) is 19.8 Å². The number of para-hydroxylation sites is 1. The molecule has 2 aromatic carbocycles. The van der Waals surface area contributed by atoms with Gasteiger partial charge in [-0.1, -0.05) is 30.3 Å². The lowest BCUT2D eigenvalue weighted by molar-refractivity contribution is -0.116. The fourth-order valence-corrected chi connectivity index (χ4v) is 5.79. The average molecular weight is 554 g/mol. The smallest absolute Gasteiger partial charge is 0.337 e. The molecular weight excluding hydrogens is 522 g/mol. The SMILES string of the molecule is Cc1cccc(NC(=O)CCN2C(=S)N[C@@H](c3ccccn3)[C@@H]2c2cc(C)n(-c3ccccc3C(=O)O)c2C)c1. The molecule has 1 fully saturated rings. The van der Waals surface area contributed by atoms with Crippen molar-refractivity contribution in [2.45, 2.75) is 39.3 Å². The fourth-order valence-electron chi connectivity index (χ4n) is 5.46. The first kappa shape index (κ1) is 27.1. The Morgan fingerprint density at radius 1 is 1.02 bits per heavy atom. The molecular formula is C31H31N5O3S. The van der Waals surface area contributed by atoms with E-state index >= 15 is 0 Å². The van der Waals surface area contributed by atoms with Crippen molar-refractivity contribution in [2.24, 2.45) is 0 Å². The number of aromatic carboxylic acids is 1. The van der Waals surface area contributed by atoms with Gasteiger partial charge in [-0.2, -0.15) is 0 Å². The lowest BCUT2D eigenvalue weighted by Crippen LogP contribution is -2.32. The van der Waals surface area contributed by atoms with Gasteiger partial charge in [0, 0.05) is 36.2 Å². The number of carboxylic acids is 1. The molecule has 1 saturated heterocycles. The number of thiocarbonyl (C=S) groups is 1. The van der Waals surface area contributed by atoms with Gasteiger partial charge >= 0.3 is 5.97 Å². The van der Waals surface area contributed by atoms with Gasteiger partial charge in [-0.3, -0.25) is 9.78 Å². The zero-order chi connectivity index (χ0) is 28.4. The number of nitrogens with zero attached hydrogens (tertiary/aromatic N) is 3. The molecule has 0 unspecified atom stereocenters. The summed E-state index contributed by atoms with van der Waals surface area (Å²) in [7, 11) is 0. The first-order valence-electron chi connectivity index (χ1n) is 13.1. The van der Waals surface area contributed by atoms with E-state index in [1.165, 1.54) is 0 Å². The highest BCUT2D eigenvalue weighted by molar-refractivity contribution is 7.80. The molecule has 0 aliphatic carbocycles. The number of carboxylic acid groups (broad SMARTS) is 1. The second-order valence-electron chi connectivity index (χ2n) is 9.97. The van der Waals surface area contributed by atoms with Gasteiger partial charge in [0.2, 0.25) is 5.91 Å². The first-order chi connectivity index (χ1) is 19.2. The number of hydrogen-bond acceptors (Lipinski definition) is 4. The van der Waals surface area contributed by atoms with Crippen LogP contribution in [0.1, 0.15) is 57.1 Å². The predicted molar refractivity (Wildman–Crippen MR) is 159 cm³/mol. The number of aryl methyl sites for hydroxylation is 2. The van der Waals surface area contributed by atoms with E-state index in [0.717, 1.165) is 33.9 Å². The highest BCUT2D eigenvalue weighted by Crippen LogP contribution is 2.41. The second-order valence-corrected chi connectivity index (χ2v) is 10.4. The van der Waals surface area contributed by atoms with Crippen LogP contribution in [-0.2, 0) is 4.79 Å². The van der Waals surface area contributed by atoms with Gasteiger partial charge in [-0.05, 0) is 86.6 Å². The maximum Gasteiger partial charge on any atom is 0.337 e. The minimum Gasteiger partial charge on any atom is -0.478 e. The lowest BCUT2D eigenvalue weighted by Gasteiger charge is -2.28. The van der Waals surface area contributed by atoms with Crippen molar-refractivity contribution in [2.75, 3.05) is 11.9 Å². The maximum absolute atomic E-state index is 12.9. The van der Waals surface area contributed by atoms with Crippen LogP contribution in [0.4, 0.5) is 5.69 Å². The first-order valence-corrected chi connectivity index (χ1v) is 13.5. The van der Waals surface area contributed by atoms with Crippen LogP contribution in [-0.4, -0.2) is 43.1 Å². The van der Waals surface area contributed by atoms with Crippen LogP contribution in [0.3, 0.4) is 0 Å². The van der Waals surface area contributed by atoms with Crippen LogP contribution >= 0.6 is 12.2 Å². The standard InChI is InChI=1S/C31H31N5O3S/c1-19-9-8-10-22(17-19)33-27(37)14-16-35-29(28(34-31(35)40)25-12-6-7-15-32-25)24-18-20(2)36(21(24)3)26-13-5-4-11-23(26)30(38)39/h4-13,15,17-18,28-29H,14,16H2,1-3H3,(H,33,37)(H,34,40)(H,38,39)/t28-,29-/m0/s1. The van der Waals surface area contributed by atoms with E-state index in [4.69, 9.17) is 12.2 Å². The molecule has 204 valence electrons. The molecule has 2 atom stereocenters. The minimum absolute atomic E-state index is 0.103. The number of aromatic nitrogens is 2. The zero-order valence-corrected chi connectivity index (χ0v) is 23.4. The summed E-state index contributed by atoms with van der Waals surface area (Å²) in [6.45, 7) is 6.33. The predicted octanol–water partition coefficient (Wildman–Crippen LogP) is 5.50. The monoisotopic (exact) mass is 553 g/mol. The van der Waals surface area contributed by atoms with Gasteiger partial charge in [0.05, 0.1) is 29.0 Å². The Morgan fingerprint density at radius 3 is 2.52 bits per heavy atom. The maximum atomic E-state index is 12.9. The van der Waals surface area contributed by atoms with Crippen molar-refractivity contribution < 1.29 is 14.7 Å².